The van der Waals surface area contributed by atoms with Crippen molar-refractivity contribution in [3.8, 4) is 0 Å². The number of hydrogen-bond donors (Lipinski definition) is 3. The van der Waals surface area contributed by atoms with E-state index in [-0.39, 0.29) is 13.0 Å². The highest BCUT2D eigenvalue weighted by molar-refractivity contribution is 7.47. The van der Waals surface area contributed by atoms with Crippen LogP contribution >= 0.6 is 7.82 Å². The molecule has 0 aromatic heterocycles. The topological polar surface area (TPSA) is 155 Å². The number of carboxylic acids is 1. The number of carbonyl (C=O) groups is 2. The predicted molar refractivity (Wildman–Crippen MR) is 263 cm³/mol. The largest absolute Gasteiger partial charge is 0.480 e. The zero-order valence-electron chi connectivity index (χ0n) is 39.6. The van der Waals surface area contributed by atoms with E-state index in [0.717, 1.165) is 89.9 Å². The number of hydrogen-bond acceptors (Lipinski definition) is 8. The van der Waals surface area contributed by atoms with Gasteiger partial charge in [0.2, 0.25) is 0 Å². The maximum atomic E-state index is 12.7. The van der Waals surface area contributed by atoms with Gasteiger partial charge in [0.1, 0.15) is 12.1 Å². The summed E-state index contributed by atoms with van der Waals surface area (Å²) < 4.78 is 33.5. The van der Waals surface area contributed by atoms with E-state index in [9.17, 15) is 19.0 Å². The van der Waals surface area contributed by atoms with Crippen molar-refractivity contribution in [2.24, 2.45) is 5.73 Å². The number of ether oxygens (including phenoxy) is 2. The molecule has 10 nitrogen and oxygen atoms in total. The Hall–Kier alpha value is -2.85. The van der Waals surface area contributed by atoms with E-state index in [0.29, 0.717) is 13.0 Å². The molecule has 0 heterocycles. The molecule has 0 aliphatic heterocycles. The van der Waals surface area contributed by atoms with Gasteiger partial charge in [-0.25, -0.2) is 4.57 Å². The second kappa shape index (κ2) is 47.1. The SMILES string of the molecule is CC/C=C\C/C=C\C/C=C\C/C=C\C/C=C\CCCCCCCC(=O)OC(COCCCCCCCCCCCC/C=C\C/C=C\CCCCC)COP(=O)(O)OCC(N)C(=O)O. The summed E-state index contributed by atoms with van der Waals surface area (Å²) in [5.74, 6) is -1.80. The van der Waals surface area contributed by atoms with Gasteiger partial charge in [-0.3, -0.25) is 18.6 Å². The molecule has 0 aromatic carbocycles. The van der Waals surface area contributed by atoms with Crippen LogP contribution in [-0.2, 0) is 32.7 Å². The van der Waals surface area contributed by atoms with Gasteiger partial charge in [-0.15, -0.1) is 0 Å². The zero-order valence-corrected chi connectivity index (χ0v) is 40.5. The molecule has 0 saturated heterocycles. The maximum Gasteiger partial charge on any atom is 0.472 e. The molecule has 0 aromatic rings. The van der Waals surface area contributed by atoms with E-state index in [2.05, 4.69) is 98.9 Å². The average molecular weight is 904 g/mol. The van der Waals surface area contributed by atoms with Gasteiger partial charge < -0.3 is 25.2 Å². The van der Waals surface area contributed by atoms with Crippen molar-refractivity contribution in [3.63, 3.8) is 0 Å². The Morgan fingerprint density at radius 3 is 1.38 bits per heavy atom. The minimum absolute atomic E-state index is 0.00213. The van der Waals surface area contributed by atoms with Crippen molar-refractivity contribution in [1.82, 2.24) is 0 Å². The highest BCUT2D eigenvalue weighted by Gasteiger charge is 2.27. The van der Waals surface area contributed by atoms with Gasteiger partial charge >= 0.3 is 19.8 Å². The zero-order chi connectivity index (χ0) is 46.2. The summed E-state index contributed by atoms with van der Waals surface area (Å²) >= 11 is 0. The third-order valence-corrected chi connectivity index (χ3v) is 11.1. The fourth-order valence-electron chi connectivity index (χ4n) is 6.37. The summed E-state index contributed by atoms with van der Waals surface area (Å²) in [4.78, 5) is 33.7. The maximum absolute atomic E-state index is 12.7. The second-order valence-electron chi connectivity index (χ2n) is 16.2. The molecular weight excluding hydrogens is 814 g/mol. The van der Waals surface area contributed by atoms with Crippen LogP contribution in [0.15, 0.2) is 85.1 Å². The molecule has 0 rings (SSSR count). The lowest BCUT2D eigenvalue weighted by atomic mass is 10.1. The Bertz CT molecular complexity index is 1320. The van der Waals surface area contributed by atoms with E-state index in [1.54, 1.807) is 0 Å². The van der Waals surface area contributed by atoms with Crippen LogP contribution in [0, 0.1) is 0 Å². The molecule has 362 valence electrons. The number of carboxylic acid groups (broad SMARTS) is 1. The first kappa shape index (κ1) is 60.2. The van der Waals surface area contributed by atoms with Crippen LogP contribution in [0.2, 0.25) is 0 Å². The first-order valence-corrected chi connectivity index (χ1v) is 26.1. The highest BCUT2D eigenvalue weighted by Crippen LogP contribution is 2.43. The molecule has 0 radical (unpaired) electrons. The van der Waals surface area contributed by atoms with Gasteiger partial charge in [-0.1, -0.05) is 182 Å². The summed E-state index contributed by atoms with van der Waals surface area (Å²) in [5, 5.41) is 8.92. The van der Waals surface area contributed by atoms with Crippen LogP contribution in [0.4, 0.5) is 0 Å². The molecule has 0 aliphatic carbocycles. The summed E-state index contributed by atoms with van der Waals surface area (Å²) in [5.41, 5.74) is 5.37. The third kappa shape index (κ3) is 46.9. The standard InChI is InChI=1S/C52H90NO9P/c1-3-5-7-9-11-13-15-17-19-21-23-25-26-28-30-32-34-36-38-40-42-44-51(54)62-49(47-60-63(57,58)61-48-50(53)52(55)56)46-59-45-43-41-39-37-35-33-31-29-27-24-22-20-18-16-14-12-10-8-6-4-2/h5,7,11-14,17-20,23,25,28,30,49-50H,3-4,6,8-10,15-16,21-22,24,26-27,29,31-48,53H2,1-2H3,(H,55,56)(H,57,58)/b7-5-,13-11-,14-12-,19-17-,20-18-,25-23-,30-28-. The molecule has 0 fully saturated rings. The summed E-state index contributed by atoms with van der Waals surface area (Å²) in [7, 11) is -4.63. The van der Waals surface area contributed by atoms with Gasteiger partial charge in [-0.05, 0) is 89.9 Å². The quantitative estimate of drug-likeness (QED) is 0.0233. The first-order valence-electron chi connectivity index (χ1n) is 24.6. The Kier molecular flexibility index (Phi) is 45.0. The van der Waals surface area contributed by atoms with Crippen molar-refractivity contribution < 1.29 is 42.7 Å². The van der Waals surface area contributed by atoms with Crippen LogP contribution in [-0.4, -0.2) is 60.5 Å². The molecule has 4 N–H and O–H groups in total. The number of rotatable bonds is 46. The van der Waals surface area contributed by atoms with Gasteiger partial charge in [-0.2, -0.15) is 0 Å². The molecule has 3 unspecified atom stereocenters. The van der Waals surface area contributed by atoms with Gasteiger partial charge in [0.15, 0.2) is 0 Å². The number of nitrogens with two attached hydrogens (primary N) is 1. The van der Waals surface area contributed by atoms with Gasteiger partial charge in [0.25, 0.3) is 0 Å². The van der Waals surface area contributed by atoms with Gasteiger partial charge in [0, 0.05) is 13.0 Å². The average Bonchev–Trinajstić information content (AvgIpc) is 3.26. The van der Waals surface area contributed by atoms with Gasteiger partial charge in [0.05, 0.1) is 19.8 Å². The van der Waals surface area contributed by atoms with Crippen LogP contribution in [0.25, 0.3) is 0 Å². The molecule has 0 saturated carbocycles. The summed E-state index contributed by atoms with van der Waals surface area (Å²) in [6, 6.07) is -1.48. The molecule has 3 atom stereocenters. The van der Waals surface area contributed by atoms with Crippen molar-refractivity contribution in [2.45, 2.75) is 206 Å². The molecule has 63 heavy (non-hydrogen) atoms. The lowest BCUT2D eigenvalue weighted by Gasteiger charge is -2.20. The molecule has 11 heteroatoms. The van der Waals surface area contributed by atoms with E-state index in [1.165, 1.54) is 77.0 Å². The van der Waals surface area contributed by atoms with Crippen molar-refractivity contribution >= 4 is 19.8 Å². The second-order valence-corrected chi connectivity index (χ2v) is 17.7. The van der Waals surface area contributed by atoms with Crippen LogP contribution < -0.4 is 5.73 Å². The number of allylic oxidation sites excluding steroid dienone is 14. The molecule has 0 spiro atoms. The fraction of sp³-hybridized carbons (Fsp3) is 0.692. The van der Waals surface area contributed by atoms with E-state index >= 15 is 0 Å². The van der Waals surface area contributed by atoms with Crippen molar-refractivity contribution in [3.05, 3.63) is 85.1 Å². The normalized spacial score (nSPS) is 14.5. The highest BCUT2D eigenvalue weighted by atomic mass is 31.2. The number of phosphoric ester groups is 1. The minimum atomic E-state index is -4.63. The molecule has 0 bridgehead atoms. The van der Waals surface area contributed by atoms with E-state index < -0.39 is 45.1 Å². The number of carbonyl (C=O) groups excluding carboxylic acids is 1. The number of esters is 1. The lowest BCUT2D eigenvalue weighted by molar-refractivity contribution is -0.154. The monoisotopic (exact) mass is 904 g/mol. The van der Waals surface area contributed by atoms with Crippen LogP contribution in [0.1, 0.15) is 194 Å². The Balaban J connectivity index is 4.23. The Morgan fingerprint density at radius 2 is 0.921 bits per heavy atom. The molecule has 0 amide bonds. The summed E-state index contributed by atoms with van der Waals surface area (Å²) in [6.07, 6.45) is 60.6. The van der Waals surface area contributed by atoms with Crippen LogP contribution in [0.3, 0.4) is 0 Å². The first-order chi connectivity index (χ1) is 30.7. The van der Waals surface area contributed by atoms with Crippen molar-refractivity contribution in [1.29, 1.82) is 0 Å². The van der Waals surface area contributed by atoms with Crippen molar-refractivity contribution in [2.75, 3.05) is 26.4 Å². The van der Waals surface area contributed by atoms with E-state index in [1.807, 2.05) is 0 Å². The number of phosphoric acid groups is 1. The lowest BCUT2D eigenvalue weighted by Crippen LogP contribution is -2.34. The fourth-order valence-corrected chi connectivity index (χ4v) is 7.14. The van der Waals surface area contributed by atoms with E-state index in [4.69, 9.17) is 29.4 Å². The van der Waals surface area contributed by atoms with Crippen LogP contribution in [0.5, 0.6) is 0 Å². The smallest absolute Gasteiger partial charge is 0.472 e. The molecule has 0 aliphatic rings. The summed E-state index contributed by atoms with van der Waals surface area (Å²) in [6.45, 7) is 3.71. The Labute approximate surface area is 384 Å². The third-order valence-electron chi connectivity index (χ3n) is 10.2. The Morgan fingerprint density at radius 1 is 0.524 bits per heavy atom. The number of unbranched alkanes of at least 4 members (excludes halogenated alkanes) is 18. The minimum Gasteiger partial charge on any atom is -0.480 e. The molecular formula is C52H90NO9P. The predicted octanol–water partition coefficient (Wildman–Crippen LogP) is 14.3. The number of aliphatic carboxylic acids is 1.